The molecule has 0 atom stereocenters. The molecule has 1 aliphatic rings. The molecule has 9 nitrogen and oxygen atoms in total. The molecule has 0 radical (unpaired) electrons. The van der Waals surface area contributed by atoms with Crippen molar-refractivity contribution >= 4 is 27.3 Å². The molecule has 0 spiro atoms. The van der Waals surface area contributed by atoms with E-state index in [4.69, 9.17) is 0 Å². The van der Waals surface area contributed by atoms with Gasteiger partial charge in [0.25, 0.3) is 5.56 Å². The number of nitrogens with zero attached hydrogens (tertiary/aromatic N) is 4. The minimum Gasteiger partial charge on any atom is -0.528 e. The largest absolute Gasteiger partial charge is 0.528 e. The van der Waals surface area contributed by atoms with E-state index in [1.807, 2.05) is 61.5 Å². The Kier molecular flexibility index (Phi) is 7.40. The van der Waals surface area contributed by atoms with Crippen molar-refractivity contribution < 1.29 is 14.4 Å². The summed E-state index contributed by atoms with van der Waals surface area (Å²) >= 11 is 1.45. The first kappa shape index (κ1) is 26.9. The summed E-state index contributed by atoms with van der Waals surface area (Å²) in [7, 11) is 0. The molecule has 0 aliphatic heterocycles. The lowest BCUT2D eigenvalue weighted by molar-refractivity contribution is -0.303. The summed E-state index contributed by atoms with van der Waals surface area (Å²) in [4.78, 5) is 45.7. The van der Waals surface area contributed by atoms with Crippen molar-refractivity contribution in [3.63, 3.8) is 0 Å². The molecular formula is C31H29N4O5S-. The van der Waals surface area contributed by atoms with Gasteiger partial charge in [-0.25, -0.2) is 9.78 Å². The third kappa shape index (κ3) is 5.27. The van der Waals surface area contributed by atoms with Gasteiger partial charge in [0, 0.05) is 16.4 Å². The Morgan fingerprint density at radius 3 is 2.44 bits per heavy atom. The highest BCUT2D eigenvalue weighted by atomic mass is 32.1. The lowest BCUT2D eigenvalue weighted by Crippen LogP contribution is -2.42. The van der Waals surface area contributed by atoms with E-state index in [2.05, 4.69) is 14.7 Å². The summed E-state index contributed by atoms with van der Waals surface area (Å²) in [6, 6.07) is 17.0. The van der Waals surface area contributed by atoms with Crippen LogP contribution in [0.5, 0.6) is 6.08 Å². The van der Waals surface area contributed by atoms with Gasteiger partial charge in [-0.15, -0.1) is 11.3 Å². The number of rotatable bonds is 8. The van der Waals surface area contributed by atoms with Gasteiger partial charge in [0.15, 0.2) is 17.7 Å². The van der Waals surface area contributed by atoms with Crippen LogP contribution >= 0.6 is 11.3 Å². The fourth-order valence-electron chi connectivity index (χ4n) is 5.63. The molecule has 1 saturated carbocycles. The lowest BCUT2D eigenvalue weighted by Gasteiger charge is -2.20. The molecule has 10 heteroatoms. The molecular weight excluding hydrogens is 540 g/mol. The number of ketones is 1. The van der Waals surface area contributed by atoms with E-state index >= 15 is 0 Å². The number of fused-ring (bicyclic) bond motifs is 1. The fourth-order valence-corrected chi connectivity index (χ4v) is 6.71. The minimum absolute atomic E-state index is 0.0329. The van der Waals surface area contributed by atoms with Crippen LogP contribution in [0.15, 0.2) is 68.7 Å². The Morgan fingerprint density at radius 2 is 1.76 bits per heavy atom. The Hall–Kier alpha value is -4.31. The van der Waals surface area contributed by atoms with Crippen LogP contribution in [0.1, 0.15) is 49.5 Å². The maximum absolute atomic E-state index is 13.7. The van der Waals surface area contributed by atoms with Crippen molar-refractivity contribution in [1.29, 1.82) is 0 Å². The van der Waals surface area contributed by atoms with Crippen LogP contribution in [0.4, 0.5) is 0 Å². The third-order valence-corrected chi connectivity index (χ3v) is 9.15. The van der Waals surface area contributed by atoms with Gasteiger partial charge in [-0.1, -0.05) is 74.7 Å². The van der Waals surface area contributed by atoms with E-state index < -0.39 is 17.3 Å². The number of thiophene rings is 1. The molecule has 0 amide bonds. The van der Waals surface area contributed by atoms with Crippen LogP contribution in [0.2, 0.25) is 0 Å². The second kappa shape index (κ2) is 11.3. The second-order valence-electron chi connectivity index (χ2n) is 10.5. The van der Waals surface area contributed by atoms with Gasteiger partial charge in [-0.2, -0.15) is 5.16 Å². The number of carbonyl (C=O) groups is 1. The summed E-state index contributed by atoms with van der Waals surface area (Å²) in [6.07, 6.45) is 4.78. The Balaban J connectivity index is 1.35. The first-order valence-corrected chi connectivity index (χ1v) is 14.7. The van der Waals surface area contributed by atoms with Crippen molar-refractivity contribution in [3.8, 4) is 28.6 Å². The molecule has 0 unspecified atom stereocenters. The van der Waals surface area contributed by atoms with Gasteiger partial charge in [-0.05, 0) is 42.0 Å². The zero-order valence-corrected chi connectivity index (χ0v) is 23.5. The quantitative estimate of drug-likeness (QED) is 0.264. The molecule has 5 aromatic rings. The smallest absolute Gasteiger partial charge is 0.332 e. The van der Waals surface area contributed by atoms with Gasteiger partial charge < -0.3 is 9.63 Å². The predicted molar refractivity (Wildman–Crippen MR) is 155 cm³/mol. The summed E-state index contributed by atoms with van der Waals surface area (Å²) in [6.45, 7) is 2.08. The number of carbonyl (C=O) groups excluding carboxylic acids is 1. The van der Waals surface area contributed by atoms with Gasteiger partial charge in [0.2, 0.25) is 0 Å². The Morgan fingerprint density at radius 1 is 1.02 bits per heavy atom. The number of aromatic nitrogens is 4. The highest BCUT2D eigenvalue weighted by Crippen LogP contribution is 2.31. The van der Waals surface area contributed by atoms with E-state index in [1.54, 1.807) is 4.57 Å². The van der Waals surface area contributed by atoms with E-state index in [1.165, 1.54) is 11.3 Å². The standard InChI is InChI=1S/C31H30N4O5S/c1-2-22-16-25-28(37)34(18-26(36)21-8-4-3-5-9-21)31(39)35(29(25)41-22)17-19-12-14-20(15-13-19)23-10-6-7-11-24(23)27-32-30(38)40-33-27/h6-7,10-16,21H,2-5,8-9,17-18H2,1H3,(H,32,33,38)/p-1. The number of benzene rings is 2. The van der Waals surface area contributed by atoms with E-state index in [0.717, 1.165) is 64.7 Å². The zero-order valence-electron chi connectivity index (χ0n) is 22.7. The van der Waals surface area contributed by atoms with Crippen molar-refractivity contribution in [2.24, 2.45) is 5.92 Å². The topological polar surface area (TPSA) is 123 Å². The molecule has 41 heavy (non-hydrogen) atoms. The van der Waals surface area contributed by atoms with Gasteiger partial charge >= 0.3 is 5.69 Å². The molecule has 210 valence electrons. The number of hydrogen-bond donors (Lipinski definition) is 0. The van der Waals surface area contributed by atoms with Crippen LogP contribution in [0, 0.1) is 5.92 Å². The maximum atomic E-state index is 13.7. The molecule has 2 aromatic carbocycles. The predicted octanol–water partition coefficient (Wildman–Crippen LogP) is 4.78. The highest BCUT2D eigenvalue weighted by Gasteiger charge is 2.24. The summed E-state index contributed by atoms with van der Waals surface area (Å²) in [5.74, 6) is 0.100. The molecule has 1 fully saturated rings. The van der Waals surface area contributed by atoms with Crippen molar-refractivity contribution in [2.75, 3.05) is 0 Å². The summed E-state index contributed by atoms with van der Waals surface area (Å²) in [5.41, 5.74) is 2.40. The first-order valence-electron chi connectivity index (χ1n) is 13.9. The second-order valence-corrected chi connectivity index (χ2v) is 11.6. The molecule has 3 heterocycles. The molecule has 6 rings (SSSR count). The van der Waals surface area contributed by atoms with E-state index in [0.29, 0.717) is 15.8 Å². The van der Waals surface area contributed by atoms with Crippen LogP contribution < -0.4 is 16.4 Å². The first-order chi connectivity index (χ1) is 19.9. The fraction of sp³-hybridized carbons (Fsp3) is 0.323. The minimum atomic E-state index is -0.747. The average Bonchev–Trinajstić information content (AvgIpc) is 3.65. The maximum Gasteiger partial charge on any atom is 0.332 e. The average molecular weight is 570 g/mol. The SMILES string of the molecule is CCc1cc2c(=O)n(CC(=O)C3CCCCC3)c(=O)n(Cc3ccc(-c4ccccc4-c4noc([O-])n4)cc3)c2s1. The van der Waals surface area contributed by atoms with Crippen molar-refractivity contribution in [3.05, 3.63) is 85.9 Å². The molecule has 0 saturated heterocycles. The van der Waals surface area contributed by atoms with E-state index in [-0.39, 0.29) is 30.6 Å². The number of aryl methyl sites for hydroxylation is 1. The van der Waals surface area contributed by atoms with Gasteiger partial charge in [0.1, 0.15) is 4.83 Å². The number of hydrogen-bond acceptors (Lipinski definition) is 8. The molecule has 3 aromatic heterocycles. The normalized spacial score (nSPS) is 14.1. The monoisotopic (exact) mass is 569 g/mol. The summed E-state index contributed by atoms with van der Waals surface area (Å²) < 4.78 is 7.38. The zero-order chi connectivity index (χ0) is 28.5. The highest BCUT2D eigenvalue weighted by molar-refractivity contribution is 7.18. The number of Topliss-reactive ketones (excluding diaryl/α,β-unsaturated/α-hetero) is 1. The van der Waals surface area contributed by atoms with Gasteiger partial charge in [0.05, 0.1) is 18.5 Å². The van der Waals surface area contributed by atoms with Crippen LogP contribution in [0.25, 0.3) is 32.7 Å². The van der Waals surface area contributed by atoms with Crippen LogP contribution in [0.3, 0.4) is 0 Å². The summed E-state index contributed by atoms with van der Waals surface area (Å²) in [5, 5.41) is 15.7. The van der Waals surface area contributed by atoms with Crippen LogP contribution in [-0.4, -0.2) is 25.1 Å². The Bertz CT molecular complexity index is 1840. The lowest BCUT2D eigenvalue weighted by atomic mass is 9.86. The molecule has 0 bridgehead atoms. The van der Waals surface area contributed by atoms with Gasteiger partial charge in [-0.3, -0.25) is 18.7 Å². The van der Waals surface area contributed by atoms with Crippen molar-refractivity contribution in [2.45, 2.75) is 58.5 Å². The molecule has 1 aliphatic carbocycles. The van der Waals surface area contributed by atoms with E-state index in [9.17, 15) is 19.5 Å². The Labute approximate surface area is 239 Å². The third-order valence-electron chi connectivity index (χ3n) is 7.85. The van der Waals surface area contributed by atoms with Crippen LogP contribution in [-0.2, 0) is 24.3 Å². The van der Waals surface area contributed by atoms with Crippen molar-refractivity contribution in [1.82, 2.24) is 19.3 Å². The molecule has 0 N–H and O–H groups in total.